The molecule has 0 saturated carbocycles. The number of nitrogens with one attached hydrogen (secondary N) is 1. The average molecular weight is 292 g/mol. The summed E-state index contributed by atoms with van der Waals surface area (Å²) in [5, 5.41) is 9.86. The fraction of sp³-hybridized carbons (Fsp3) is 0.333. The number of halogens is 3. The van der Waals surface area contributed by atoms with Crippen molar-refractivity contribution in [3.63, 3.8) is 0 Å². The minimum Gasteiger partial charge on any atom is -0.475 e. The maximum atomic E-state index is 11.4. The molecule has 0 saturated heterocycles. The molecule has 0 aliphatic carbocycles. The molecule has 112 valence electrons. The van der Waals surface area contributed by atoms with E-state index in [2.05, 4.69) is 5.32 Å². The summed E-state index contributed by atoms with van der Waals surface area (Å²) in [6, 6.07) is 7.34. The van der Waals surface area contributed by atoms with Crippen molar-refractivity contribution in [2.75, 3.05) is 6.54 Å². The summed E-state index contributed by atoms with van der Waals surface area (Å²) in [5.74, 6) is -2.80. The lowest BCUT2D eigenvalue weighted by Gasteiger charge is -2.03. The van der Waals surface area contributed by atoms with E-state index >= 15 is 0 Å². The van der Waals surface area contributed by atoms with Crippen molar-refractivity contribution in [2.45, 2.75) is 19.6 Å². The van der Waals surface area contributed by atoms with E-state index in [-0.39, 0.29) is 5.91 Å². The van der Waals surface area contributed by atoms with Crippen LogP contribution in [0.3, 0.4) is 0 Å². The van der Waals surface area contributed by atoms with Gasteiger partial charge in [0.2, 0.25) is 0 Å². The highest BCUT2D eigenvalue weighted by Gasteiger charge is 2.38. The Bertz CT molecular complexity index is 462. The van der Waals surface area contributed by atoms with Crippen LogP contribution >= 0.6 is 0 Å². The number of rotatable bonds is 3. The van der Waals surface area contributed by atoms with E-state index in [4.69, 9.17) is 15.6 Å². The molecular formula is C12H15F3N2O3. The first-order chi connectivity index (χ1) is 9.22. The number of hydrogen-bond donors (Lipinski definition) is 3. The van der Waals surface area contributed by atoms with E-state index in [1.807, 2.05) is 25.1 Å². The van der Waals surface area contributed by atoms with Gasteiger partial charge in [-0.15, -0.1) is 0 Å². The molecule has 0 fully saturated rings. The molecule has 0 bridgehead atoms. The maximum Gasteiger partial charge on any atom is 0.490 e. The highest BCUT2D eigenvalue weighted by Crippen LogP contribution is 2.13. The van der Waals surface area contributed by atoms with E-state index in [0.29, 0.717) is 18.7 Å². The van der Waals surface area contributed by atoms with Crippen LogP contribution < -0.4 is 11.1 Å². The zero-order valence-electron chi connectivity index (χ0n) is 10.7. The molecule has 0 atom stereocenters. The fourth-order valence-corrected chi connectivity index (χ4v) is 1.10. The van der Waals surface area contributed by atoms with Gasteiger partial charge in [0, 0.05) is 18.7 Å². The molecule has 0 aliphatic rings. The Labute approximate surface area is 113 Å². The van der Waals surface area contributed by atoms with Gasteiger partial charge < -0.3 is 16.2 Å². The van der Waals surface area contributed by atoms with Crippen LogP contribution in [-0.4, -0.2) is 29.7 Å². The van der Waals surface area contributed by atoms with E-state index < -0.39 is 12.1 Å². The van der Waals surface area contributed by atoms with Crippen LogP contribution in [0.4, 0.5) is 13.2 Å². The van der Waals surface area contributed by atoms with Crippen LogP contribution in [0.5, 0.6) is 0 Å². The van der Waals surface area contributed by atoms with Crippen molar-refractivity contribution in [3.8, 4) is 0 Å². The summed E-state index contributed by atoms with van der Waals surface area (Å²) in [6.07, 6.45) is -5.08. The van der Waals surface area contributed by atoms with Gasteiger partial charge in [-0.25, -0.2) is 4.79 Å². The first-order valence-corrected chi connectivity index (χ1v) is 5.59. The lowest BCUT2D eigenvalue weighted by atomic mass is 10.1. The van der Waals surface area contributed by atoms with E-state index in [1.165, 1.54) is 0 Å². The number of nitrogens with two attached hydrogens (primary N) is 1. The zero-order valence-corrected chi connectivity index (χ0v) is 10.7. The Morgan fingerprint density at radius 1 is 1.35 bits per heavy atom. The van der Waals surface area contributed by atoms with Crippen molar-refractivity contribution < 1.29 is 27.9 Å². The molecule has 20 heavy (non-hydrogen) atoms. The molecule has 1 aromatic rings. The van der Waals surface area contributed by atoms with Crippen molar-refractivity contribution in [1.82, 2.24) is 5.32 Å². The number of carbonyl (C=O) groups is 2. The van der Waals surface area contributed by atoms with Gasteiger partial charge in [0.25, 0.3) is 5.91 Å². The lowest BCUT2D eigenvalue weighted by Crippen LogP contribution is -2.22. The summed E-state index contributed by atoms with van der Waals surface area (Å²) < 4.78 is 31.7. The predicted octanol–water partition coefficient (Wildman–Crippen LogP) is 1.53. The van der Waals surface area contributed by atoms with E-state index in [9.17, 15) is 18.0 Å². The third-order valence-electron chi connectivity index (χ3n) is 2.00. The van der Waals surface area contributed by atoms with Crippen molar-refractivity contribution in [1.29, 1.82) is 0 Å². The largest absolute Gasteiger partial charge is 0.490 e. The lowest BCUT2D eigenvalue weighted by molar-refractivity contribution is -0.192. The van der Waals surface area contributed by atoms with E-state index in [1.54, 1.807) is 6.07 Å². The number of alkyl halides is 3. The van der Waals surface area contributed by atoms with Gasteiger partial charge in [-0.1, -0.05) is 12.1 Å². The molecule has 0 aliphatic heterocycles. The van der Waals surface area contributed by atoms with E-state index in [0.717, 1.165) is 5.56 Å². The Morgan fingerprint density at radius 3 is 2.30 bits per heavy atom. The van der Waals surface area contributed by atoms with Crippen LogP contribution in [-0.2, 0) is 11.3 Å². The molecular weight excluding hydrogens is 277 g/mol. The molecule has 0 spiro atoms. The molecule has 0 radical (unpaired) electrons. The third kappa shape index (κ3) is 6.74. The molecule has 0 aromatic heterocycles. The quantitative estimate of drug-likeness (QED) is 0.787. The van der Waals surface area contributed by atoms with Gasteiger partial charge in [0.1, 0.15) is 0 Å². The molecule has 1 aromatic carbocycles. The van der Waals surface area contributed by atoms with Gasteiger partial charge in [0.15, 0.2) is 0 Å². The number of aliphatic carboxylic acids is 1. The SMILES string of the molecule is CCNC(=O)c1cccc(CN)c1.O=C(O)C(F)(F)F. The second kappa shape index (κ2) is 8.16. The number of carboxylic acids is 1. The minimum absolute atomic E-state index is 0.0437. The first-order valence-electron chi connectivity index (χ1n) is 5.59. The normalized spacial score (nSPS) is 10.2. The number of amides is 1. The maximum absolute atomic E-state index is 11.4. The van der Waals surface area contributed by atoms with Crippen LogP contribution in [0.25, 0.3) is 0 Å². The Hall–Kier alpha value is -2.09. The standard InChI is InChI=1S/C10H14N2O.C2HF3O2/c1-2-12-10(13)9-5-3-4-8(6-9)7-11;3-2(4,5)1(6)7/h3-6H,2,7,11H2,1H3,(H,12,13);(H,6,7). The summed E-state index contributed by atoms with van der Waals surface area (Å²) >= 11 is 0. The second-order valence-corrected chi connectivity index (χ2v) is 3.57. The summed E-state index contributed by atoms with van der Waals surface area (Å²) in [4.78, 5) is 20.3. The van der Waals surface area contributed by atoms with Crippen LogP contribution in [0.1, 0.15) is 22.8 Å². The molecule has 0 unspecified atom stereocenters. The van der Waals surface area contributed by atoms with Gasteiger partial charge in [-0.3, -0.25) is 4.79 Å². The predicted molar refractivity (Wildman–Crippen MR) is 66.0 cm³/mol. The fourth-order valence-electron chi connectivity index (χ4n) is 1.10. The first kappa shape index (κ1) is 17.9. The molecule has 1 amide bonds. The Kier molecular flexibility index (Phi) is 7.30. The summed E-state index contributed by atoms with van der Waals surface area (Å²) in [5.41, 5.74) is 7.11. The monoisotopic (exact) mass is 292 g/mol. The molecule has 8 heteroatoms. The Morgan fingerprint density at radius 2 is 1.90 bits per heavy atom. The molecule has 5 nitrogen and oxygen atoms in total. The third-order valence-corrected chi connectivity index (χ3v) is 2.00. The molecule has 1 rings (SSSR count). The molecule has 4 N–H and O–H groups in total. The average Bonchev–Trinajstić information content (AvgIpc) is 2.38. The van der Waals surface area contributed by atoms with Crippen molar-refractivity contribution in [2.24, 2.45) is 5.73 Å². The Balaban J connectivity index is 0.000000441. The molecule has 0 heterocycles. The highest BCUT2D eigenvalue weighted by atomic mass is 19.4. The zero-order chi connectivity index (χ0) is 15.8. The topological polar surface area (TPSA) is 92.4 Å². The second-order valence-electron chi connectivity index (χ2n) is 3.57. The van der Waals surface area contributed by atoms with Gasteiger partial charge in [0.05, 0.1) is 0 Å². The van der Waals surface area contributed by atoms with Crippen molar-refractivity contribution >= 4 is 11.9 Å². The minimum atomic E-state index is -5.08. The number of carbonyl (C=O) groups excluding carboxylic acids is 1. The van der Waals surface area contributed by atoms with Crippen LogP contribution in [0, 0.1) is 0 Å². The van der Waals surface area contributed by atoms with Gasteiger partial charge >= 0.3 is 12.1 Å². The van der Waals surface area contributed by atoms with Gasteiger partial charge in [-0.2, -0.15) is 13.2 Å². The number of hydrogen-bond acceptors (Lipinski definition) is 3. The number of carboxylic acid groups (broad SMARTS) is 1. The van der Waals surface area contributed by atoms with Gasteiger partial charge in [-0.05, 0) is 24.6 Å². The van der Waals surface area contributed by atoms with Crippen LogP contribution in [0.15, 0.2) is 24.3 Å². The number of benzene rings is 1. The summed E-state index contributed by atoms with van der Waals surface area (Å²) in [7, 11) is 0. The van der Waals surface area contributed by atoms with Crippen molar-refractivity contribution in [3.05, 3.63) is 35.4 Å². The summed E-state index contributed by atoms with van der Waals surface area (Å²) in [6.45, 7) is 3.00. The highest BCUT2D eigenvalue weighted by molar-refractivity contribution is 5.94. The van der Waals surface area contributed by atoms with Crippen LogP contribution in [0.2, 0.25) is 0 Å². The smallest absolute Gasteiger partial charge is 0.475 e.